The molecule has 1 aliphatic rings. The Morgan fingerprint density at radius 1 is 1.33 bits per heavy atom. The van der Waals surface area contributed by atoms with Crippen molar-refractivity contribution in [2.75, 3.05) is 13.6 Å². The van der Waals surface area contributed by atoms with E-state index in [1.807, 2.05) is 0 Å². The third-order valence-electron chi connectivity index (χ3n) is 3.77. The number of benzene rings is 1. The average Bonchev–Trinajstić information content (AvgIpc) is 2.90. The maximum atomic E-state index is 13.7. The van der Waals surface area contributed by atoms with E-state index in [4.69, 9.17) is 4.52 Å². The molecule has 5 nitrogen and oxygen atoms in total. The van der Waals surface area contributed by atoms with Gasteiger partial charge in [0.2, 0.25) is 17.6 Å². The summed E-state index contributed by atoms with van der Waals surface area (Å²) in [5.74, 6) is -0.397. The molecule has 1 saturated heterocycles. The number of carbonyl (C=O) groups excluding carboxylic acids is 1. The molecule has 0 bridgehead atoms. The second kappa shape index (κ2) is 5.63. The molecular weight excluding hydrogens is 273 g/mol. The van der Waals surface area contributed by atoms with Crippen LogP contribution in [0.5, 0.6) is 0 Å². The lowest BCUT2D eigenvalue weighted by Crippen LogP contribution is -2.30. The van der Waals surface area contributed by atoms with Gasteiger partial charge in [0.1, 0.15) is 11.7 Å². The van der Waals surface area contributed by atoms with E-state index < -0.39 is 11.7 Å². The second-order valence-corrected chi connectivity index (χ2v) is 5.24. The minimum absolute atomic E-state index is 0.0174. The number of rotatable bonds is 2. The lowest BCUT2D eigenvalue weighted by molar-refractivity contribution is -0.131. The fourth-order valence-corrected chi connectivity index (χ4v) is 2.55. The summed E-state index contributed by atoms with van der Waals surface area (Å²) in [6.07, 6.45) is 2.58. The first-order chi connectivity index (χ1) is 10.2. The summed E-state index contributed by atoms with van der Waals surface area (Å²) < 4.78 is 18.9. The number of hydrogen-bond acceptors (Lipinski definition) is 4. The van der Waals surface area contributed by atoms with Gasteiger partial charge in [-0.2, -0.15) is 4.98 Å². The number of likely N-dealkylation sites (N-methyl/N-ethyl adjacent to an activating group) is 1. The van der Waals surface area contributed by atoms with E-state index in [1.54, 1.807) is 30.1 Å². The zero-order valence-corrected chi connectivity index (χ0v) is 11.8. The van der Waals surface area contributed by atoms with Crippen LogP contribution in [0.25, 0.3) is 11.4 Å². The highest BCUT2D eigenvalue weighted by atomic mass is 19.1. The maximum Gasteiger partial charge on any atom is 0.239 e. The predicted molar refractivity (Wildman–Crippen MR) is 73.9 cm³/mol. The molecule has 1 fully saturated rings. The largest absolute Gasteiger partial charge is 0.345 e. The summed E-state index contributed by atoms with van der Waals surface area (Å²) in [5, 5.41) is 3.82. The van der Waals surface area contributed by atoms with Gasteiger partial charge in [-0.05, 0) is 25.0 Å². The minimum Gasteiger partial charge on any atom is -0.345 e. The van der Waals surface area contributed by atoms with Crippen LogP contribution in [0, 0.1) is 5.82 Å². The molecule has 1 aromatic carbocycles. The lowest BCUT2D eigenvalue weighted by atomic mass is 10.0. The van der Waals surface area contributed by atoms with E-state index in [1.165, 1.54) is 6.07 Å². The van der Waals surface area contributed by atoms with Gasteiger partial charge >= 0.3 is 0 Å². The van der Waals surface area contributed by atoms with Crippen LogP contribution >= 0.6 is 0 Å². The summed E-state index contributed by atoms with van der Waals surface area (Å²) in [5.41, 5.74) is 0.280. The van der Waals surface area contributed by atoms with E-state index in [0.29, 0.717) is 6.42 Å². The van der Waals surface area contributed by atoms with Crippen molar-refractivity contribution in [2.45, 2.75) is 25.2 Å². The fraction of sp³-hybridized carbons (Fsp3) is 0.400. The van der Waals surface area contributed by atoms with Crippen molar-refractivity contribution in [2.24, 2.45) is 0 Å². The molecule has 2 aromatic rings. The van der Waals surface area contributed by atoms with Gasteiger partial charge in [0.15, 0.2) is 0 Å². The van der Waals surface area contributed by atoms with Crippen molar-refractivity contribution >= 4 is 5.91 Å². The molecule has 1 amide bonds. The SMILES string of the molecule is CN1CCCCC(c2nc(-c3ccccc3F)no2)C1=O. The highest BCUT2D eigenvalue weighted by Crippen LogP contribution is 2.28. The van der Waals surface area contributed by atoms with Gasteiger partial charge in [-0.15, -0.1) is 0 Å². The van der Waals surface area contributed by atoms with E-state index in [9.17, 15) is 9.18 Å². The van der Waals surface area contributed by atoms with Crippen LogP contribution < -0.4 is 0 Å². The molecule has 0 saturated carbocycles. The Kier molecular flexibility index (Phi) is 3.68. The summed E-state index contributed by atoms with van der Waals surface area (Å²) in [7, 11) is 1.77. The van der Waals surface area contributed by atoms with Crippen LogP contribution in [0.1, 0.15) is 31.1 Å². The molecule has 2 heterocycles. The topological polar surface area (TPSA) is 59.2 Å². The normalized spacial score (nSPS) is 19.6. The molecule has 0 spiro atoms. The first-order valence-electron chi connectivity index (χ1n) is 7.00. The molecule has 1 unspecified atom stereocenters. The monoisotopic (exact) mass is 289 g/mol. The number of carbonyl (C=O) groups is 1. The molecule has 0 radical (unpaired) electrons. The van der Waals surface area contributed by atoms with Crippen LogP contribution in [-0.4, -0.2) is 34.5 Å². The van der Waals surface area contributed by atoms with Crippen LogP contribution in [0.3, 0.4) is 0 Å². The smallest absolute Gasteiger partial charge is 0.239 e. The van der Waals surface area contributed by atoms with Crippen LogP contribution in [0.2, 0.25) is 0 Å². The van der Waals surface area contributed by atoms with Gasteiger partial charge < -0.3 is 9.42 Å². The standard InChI is InChI=1S/C15H16FN3O2/c1-19-9-5-4-7-11(15(19)20)14-17-13(18-21-14)10-6-2-3-8-12(10)16/h2-3,6,8,11H,4-5,7,9H2,1H3. The van der Waals surface area contributed by atoms with Crippen molar-refractivity contribution in [3.8, 4) is 11.4 Å². The molecular formula is C15H16FN3O2. The van der Waals surface area contributed by atoms with Crippen molar-refractivity contribution in [1.82, 2.24) is 15.0 Å². The van der Waals surface area contributed by atoms with E-state index >= 15 is 0 Å². The van der Waals surface area contributed by atoms with Gasteiger partial charge in [0.25, 0.3) is 0 Å². The Morgan fingerprint density at radius 2 is 2.14 bits per heavy atom. The number of hydrogen-bond donors (Lipinski definition) is 0. The maximum absolute atomic E-state index is 13.7. The summed E-state index contributed by atoms with van der Waals surface area (Å²) in [6.45, 7) is 0.740. The van der Waals surface area contributed by atoms with E-state index in [2.05, 4.69) is 10.1 Å². The Morgan fingerprint density at radius 3 is 2.95 bits per heavy atom. The highest BCUT2D eigenvalue weighted by molar-refractivity contribution is 5.82. The molecule has 6 heteroatoms. The molecule has 21 heavy (non-hydrogen) atoms. The Labute approximate surface area is 121 Å². The molecule has 1 aliphatic heterocycles. The van der Waals surface area contributed by atoms with Gasteiger partial charge in [-0.25, -0.2) is 4.39 Å². The lowest BCUT2D eigenvalue weighted by Gasteiger charge is -2.16. The second-order valence-electron chi connectivity index (χ2n) is 5.24. The zero-order chi connectivity index (χ0) is 14.8. The molecule has 1 atom stereocenters. The molecule has 0 aliphatic carbocycles. The fourth-order valence-electron chi connectivity index (χ4n) is 2.55. The van der Waals surface area contributed by atoms with Crippen molar-refractivity contribution in [3.05, 3.63) is 36.0 Å². The van der Waals surface area contributed by atoms with Crippen LogP contribution in [0.4, 0.5) is 4.39 Å². The Bertz CT molecular complexity index is 656. The number of amides is 1. The van der Waals surface area contributed by atoms with Crippen molar-refractivity contribution < 1.29 is 13.7 Å². The van der Waals surface area contributed by atoms with E-state index in [-0.39, 0.29) is 23.2 Å². The third kappa shape index (κ3) is 2.66. The van der Waals surface area contributed by atoms with Crippen LogP contribution in [0.15, 0.2) is 28.8 Å². The van der Waals surface area contributed by atoms with Gasteiger partial charge in [0, 0.05) is 13.6 Å². The summed E-state index contributed by atoms with van der Waals surface area (Å²) in [6, 6.07) is 6.24. The average molecular weight is 289 g/mol. The summed E-state index contributed by atoms with van der Waals surface area (Å²) >= 11 is 0. The highest BCUT2D eigenvalue weighted by Gasteiger charge is 2.31. The molecule has 1 aromatic heterocycles. The van der Waals surface area contributed by atoms with Gasteiger partial charge in [-0.1, -0.05) is 23.7 Å². The first-order valence-corrected chi connectivity index (χ1v) is 7.00. The van der Waals surface area contributed by atoms with E-state index in [0.717, 1.165) is 19.4 Å². The number of halogens is 1. The third-order valence-corrected chi connectivity index (χ3v) is 3.77. The van der Waals surface area contributed by atoms with Crippen molar-refractivity contribution in [3.63, 3.8) is 0 Å². The Balaban J connectivity index is 1.91. The van der Waals surface area contributed by atoms with Gasteiger partial charge in [0.05, 0.1) is 5.56 Å². The van der Waals surface area contributed by atoms with Crippen molar-refractivity contribution in [1.29, 1.82) is 0 Å². The quantitative estimate of drug-likeness (QED) is 0.852. The Hall–Kier alpha value is -2.24. The number of aromatic nitrogens is 2. The zero-order valence-electron chi connectivity index (χ0n) is 11.8. The number of likely N-dealkylation sites (tertiary alicyclic amines) is 1. The molecule has 110 valence electrons. The molecule has 0 N–H and O–H groups in total. The summed E-state index contributed by atoms with van der Waals surface area (Å²) in [4.78, 5) is 18.2. The molecule has 3 rings (SSSR count). The van der Waals surface area contributed by atoms with Crippen LogP contribution in [-0.2, 0) is 4.79 Å². The predicted octanol–water partition coefficient (Wildman–Crippen LogP) is 2.60. The number of nitrogens with zero attached hydrogens (tertiary/aromatic N) is 3. The minimum atomic E-state index is -0.425. The first kappa shape index (κ1) is 13.7. The van der Waals surface area contributed by atoms with Gasteiger partial charge in [-0.3, -0.25) is 4.79 Å².